The molecule has 0 amide bonds. The van der Waals surface area contributed by atoms with Gasteiger partial charge in [0.15, 0.2) is 14.9 Å². The van der Waals surface area contributed by atoms with Crippen LogP contribution < -0.4 is 5.32 Å². The van der Waals surface area contributed by atoms with Crippen molar-refractivity contribution >= 4 is 15.5 Å². The summed E-state index contributed by atoms with van der Waals surface area (Å²) < 4.78 is 23.8. The van der Waals surface area contributed by atoms with Gasteiger partial charge in [0.2, 0.25) is 0 Å². The molecule has 0 spiro atoms. The number of aliphatic hydroxyl groups excluding tert-OH is 1. The first-order valence-electron chi connectivity index (χ1n) is 7.84. The number of aliphatic hydroxyl groups is 1. The number of anilines is 1. The third-order valence-corrected chi connectivity index (χ3v) is 6.73. The quantitative estimate of drug-likeness (QED) is 0.869. The zero-order chi connectivity index (χ0) is 16.4. The lowest BCUT2D eigenvalue weighted by Gasteiger charge is -2.22. The Bertz CT molecular complexity index is 591. The number of hydrogen-bond donors (Lipinski definition) is 2. The van der Waals surface area contributed by atoms with Crippen LogP contribution in [0.2, 0.25) is 0 Å². The first-order chi connectivity index (χ1) is 10.3. The lowest BCUT2D eigenvalue weighted by Crippen LogP contribution is -2.29. The Kier molecular flexibility index (Phi) is 5.12. The van der Waals surface area contributed by atoms with Crippen molar-refractivity contribution in [1.29, 1.82) is 0 Å². The average molecular weight is 326 g/mol. The molecule has 1 aliphatic rings. The number of rotatable bonds is 5. The maximum Gasteiger partial charge on any atom is 0.200 e. The minimum atomic E-state index is -3.41. The Hall–Kier alpha value is -1.14. The van der Waals surface area contributed by atoms with Crippen LogP contribution in [-0.2, 0) is 9.84 Å². The summed E-state index contributed by atoms with van der Waals surface area (Å²) in [5, 5.41) is 12.6. The fourth-order valence-corrected chi connectivity index (χ4v) is 3.96. The van der Waals surface area contributed by atoms with Gasteiger partial charge in [0.05, 0.1) is 16.6 Å². The van der Waals surface area contributed by atoms with Crippen molar-refractivity contribution in [2.45, 2.75) is 62.3 Å². The van der Waals surface area contributed by atoms with E-state index in [4.69, 9.17) is 5.11 Å². The Labute approximate surface area is 133 Å². The summed E-state index contributed by atoms with van der Waals surface area (Å²) >= 11 is 0. The van der Waals surface area contributed by atoms with E-state index in [1.165, 1.54) is 0 Å². The molecule has 1 heterocycles. The zero-order valence-electron chi connectivity index (χ0n) is 13.5. The first kappa shape index (κ1) is 17.2. The molecule has 2 rings (SSSR count). The van der Waals surface area contributed by atoms with Crippen LogP contribution in [0.15, 0.2) is 23.4 Å². The van der Waals surface area contributed by atoms with Gasteiger partial charge in [-0.15, -0.1) is 0 Å². The number of sulfone groups is 1. The van der Waals surface area contributed by atoms with Gasteiger partial charge in [0.25, 0.3) is 0 Å². The second-order valence-corrected chi connectivity index (χ2v) is 9.60. The molecular formula is C16H26N2O3S. The van der Waals surface area contributed by atoms with Crippen LogP contribution in [-0.4, -0.2) is 35.9 Å². The fourth-order valence-electron chi connectivity index (χ4n) is 2.89. The predicted octanol–water partition coefficient (Wildman–Crippen LogP) is 2.62. The Balaban J connectivity index is 2.10. The van der Waals surface area contributed by atoms with E-state index in [2.05, 4.69) is 10.3 Å². The molecule has 1 fully saturated rings. The highest BCUT2D eigenvalue weighted by Gasteiger charge is 2.32. The molecule has 2 N–H and O–H groups in total. The fraction of sp³-hybridized carbons (Fsp3) is 0.688. The average Bonchev–Trinajstić information content (AvgIpc) is 2.86. The molecule has 1 aromatic rings. The highest BCUT2D eigenvalue weighted by molar-refractivity contribution is 7.92. The van der Waals surface area contributed by atoms with Crippen LogP contribution in [0, 0.1) is 5.92 Å². The van der Waals surface area contributed by atoms with E-state index >= 15 is 0 Å². The van der Waals surface area contributed by atoms with Crippen molar-refractivity contribution in [2.75, 3.05) is 11.9 Å². The second kappa shape index (κ2) is 6.54. The standard InChI is InChI=1S/C16H26N2O3S/c1-16(2,3)22(20,21)15-8-7-13(11-17-15)18-14-6-4-5-12(14)9-10-19/h7-8,11-12,14,18-19H,4-6,9-10H2,1-3H3. The van der Waals surface area contributed by atoms with E-state index < -0.39 is 14.6 Å². The van der Waals surface area contributed by atoms with Gasteiger partial charge in [-0.3, -0.25) is 0 Å². The van der Waals surface area contributed by atoms with Crippen molar-refractivity contribution < 1.29 is 13.5 Å². The zero-order valence-corrected chi connectivity index (χ0v) is 14.4. The molecule has 0 bridgehead atoms. The summed E-state index contributed by atoms with van der Waals surface area (Å²) in [4.78, 5) is 4.13. The molecule has 0 saturated heterocycles. The minimum Gasteiger partial charge on any atom is -0.396 e. The van der Waals surface area contributed by atoms with Crippen LogP contribution in [0.5, 0.6) is 0 Å². The maximum atomic E-state index is 12.3. The van der Waals surface area contributed by atoms with Crippen molar-refractivity contribution in [3.63, 3.8) is 0 Å². The van der Waals surface area contributed by atoms with Gasteiger partial charge in [-0.25, -0.2) is 13.4 Å². The monoisotopic (exact) mass is 326 g/mol. The Morgan fingerprint density at radius 3 is 2.59 bits per heavy atom. The van der Waals surface area contributed by atoms with Crippen molar-refractivity contribution in [3.05, 3.63) is 18.3 Å². The number of nitrogens with zero attached hydrogens (tertiary/aromatic N) is 1. The van der Waals surface area contributed by atoms with Gasteiger partial charge in [-0.05, 0) is 58.1 Å². The number of aromatic nitrogens is 1. The van der Waals surface area contributed by atoms with Crippen LogP contribution in [0.25, 0.3) is 0 Å². The summed E-state index contributed by atoms with van der Waals surface area (Å²) in [6.45, 7) is 5.24. The third kappa shape index (κ3) is 3.60. The molecule has 22 heavy (non-hydrogen) atoms. The van der Waals surface area contributed by atoms with E-state index in [1.54, 1.807) is 39.1 Å². The molecule has 1 saturated carbocycles. The highest BCUT2D eigenvalue weighted by atomic mass is 32.2. The molecule has 1 aromatic heterocycles. The van der Waals surface area contributed by atoms with E-state index in [0.717, 1.165) is 31.4 Å². The maximum absolute atomic E-state index is 12.3. The number of nitrogens with one attached hydrogen (secondary N) is 1. The highest BCUT2D eigenvalue weighted by Crippen LogP contribution is 2.31. The van der Waals surface area contributed by atoms with E-state index in [0.29, 0.717) is 12.0 Å². The Morgan fingerprint density at radius 1 is 1.32 bits per heavy atom. The first-order valence-corrected chi connectivity index (χ1v) is 9.32. The van der Waals surface area contributed by atoms with E-state index in [1.807, 2.05) is 0 Å². The molecular weight excluding hydrogens is 300 g/mol. The smallest absolute Gasteiger partial charge is 0.200 e. The summed E-state index contributed by atoms with van der Waals surface area (Å²) in [5.41, 5.74) is 0.836. The van der Waals surface area contributed by atoms with Crippen LogP contribution >= 0.6 is 0 Å². The lowest BCUT2D eigenvalue weighted by atomic mass is 10.00. The second-order valence-electron chi connectivity index (χ2n) is 6.96. The van der Waals surface area contributed by atoms with E-state index in [-0.39, 0.29) is 11.6 Å². The summed E-state index contributed by atoms with van der Waals surface area (Å²) in [6.07, 6.45) is 5.76. The van der Waals surface area contributed by atoms with Crippen molar-refractivity contribution in [2.24, 2.45) is 5.92 Å². The lowest BCUT2D eigenvalue weighted by molar-refractivity contribution is 0.254. The van der Waals surface area contributed by atoms with Crippen LogP contribution in [0.1, 0.15) is 46.5 Å². The van der Waals surface area contributed by atoms with Crippen LogP contribution in [0.3, 0.4) is 0 Å². The summed E-state index contributed by atoms with van der Waals surface area (Å²) in [5.74, 6) is 0.475. The van der Waals surface area contributed by atoms with E-state index in [9.17, 15) is 8.42 Å². The normalized spacial score (nSPS) is 22.7. The molecule has 5 nitrogen and oxygen atoms in total. The number of hydrogen-bond acceptors (Lipinski definition) is 5. The van der Waals surface area contributed by atoms with Crippen molar-refractivity contribution in [1.82, 2.24) is 4.98 Å². The largest absolute Gasteiger partial charge is 0.396 e. The predicted molar refractivity (Wildman–Crippen MR) is 87.6 cm³/mol. The van der Waals surface area contributed by atoms with Gasteiger partial charge in [0.1, 0.15) is 0 Å². The number of pyridine rings is 1. The summed E-state index contributed by atoms with van der Waals surface area (Å²) in [6, 6.07) is 3.68. The SMILES string of the molecule is CC(C)(C)S(=O)(=O)c1ccc(NC2CCCC2CCO)cn1. The van der Waals surface area contributed by atoms with Gasteiger partial charge in [-0.2, -0.15) is 0 Å². The van der Waals surface area contributed by atoms with Gasteiger partial charge in [-0.1, -0.05) is 6.42 Å². The molecule has 0 aliphatic heterocycles. The molecule has 2 unspecified atom stereocenters. The third-order valence-electron chi connectivity index (χ3n) is 4.33. The van der Waals surface area contributed by atoms with Gasteiger partial charge < -0.3 is 10.4 Å². The van der Waals surface area contributed by atoms with Gasteiger partial charge in [0, 0.05) is 12.6 Å². The molecule has 0 aromatic carbocycles. The van der Waals surface area contributed by atoms with Crippen molar-refractivity contribution in [3.8, 4) is 0 Å². The van der Waals surface area contributed by atoms with Crippen LogP contribution in [0.4, 0.5) is 5.69 Å². The molecule has 1 aliphatic carbocycles. The molecule has 2 atom stereocenters. The summed E-state index contributed by atoms with van der Waals surface area (Å²) in [7, 11) is -3.41. The molecule has 0 radical (unpaired) electrons. The topological polar surface area (TPSA) is 79.3 Å². The van der Waals surface area contributed by atoms with Gasteiger partial charge >= 0.3 is 0 Å². The molecule has 6 heteroatoms. The molecule has 124 valence electrons. The minimum absolute atomic E-state index is 0.115. The Morgan fingerprint density at radius 2 is 2.05 bits per heavy atom.